The fraction of sp³-hybridized carbons (Fsp3) is 0.688. The molecule has 0 radical (unpaired) electrons. The van der Waals surface area contributed by atoms with E-state index in [1.54, 1.807) is 17.0 Å². The topological polar surface area (TPSA) is 64.4 Å². The van der Waals surface area contributed by atoms with Crippen LogP contribution in [0.25, 0.3) is 0 Å². The van der Waals surface area contributed by atoms with Crippen LogP contribution in [-0.4, -0.2) is 39.5 Å². The average Bonchev–Trinajstić information content (AvgIpc) is 2.42. The lowest BCUT2D eigenvalue weighted by molar-refractivity contribution is 0.0176. The minimum atomic E-state index is -0.466. The molecular formula is C16H25N3O3. The van der Waals surface area contributed by atoms with Crippen LogP contribution in [-0.2, 0) is 11.3 Å². The van der Waals surface area contributed by atoms with E-state index >= 15 is 0 Å². The number of hydrogen-bond acceptors (Lipinski definition) is 4. The molecule has 0 unspecified atom stereocenters. The van der Waals surface area contributed by atoms with E-state index in [9.17, 15) is 9.59 Å². The molecule has 0 saturated carbocycles. The summed E-state index contributed by atoms with van der Waals surface area (Å²) in [5.41, 5.74) is 0.304. The van der Waals surface area contributed by atoms with Gasteiger partial charge in [0.25, 0.3) is 5.56 Å². The zero-order chi connectivity index (χ0) is 16.3. The summed E-state index contributed by atoms with van der Waals surface area (Å²) >= 11 is 0. The van der Waals surface area contributed by atoms with Crippen molar-refractivity contribution in [2.45, 2.75) is 52.7 Å². The van der Waals surface area contributed by atoms with Gasteiger partial charge in [-0.25, -0.2) is 9.48 Å². The van der Waals surface area contributed by atoms with Gasteiger partial charge in [0.05, 0.1) is 5.69 Å². The fourth-order valence-electron chi connectivity index (χ4n) is 2.55. The molecule has 2 heterocycles. The van der Waals surface area contributed by atoms with Crippen molar-refractivity contribution in [3.8, 4) is 0 Å². The molecule has 0 aromatic carbocycles. The number of nitrogens with zero attached hydrogens (tertiary/aromatic N) is 3. The van der Waals surface area contributed by atoms with Crippen molar-refractivity contribution in [3.05, 3.63) is 28.2 Å². The van der Waals surface area contributed by atoms with Gasteiger partial charge in [0.2, 0.25) is 0 Å². The van der Waals surface area contributed by atoms with Crippen LogP contribution in [0.2, 0.25) is 0 Å². The van der Waals surface area contributed by atoms with Crippen molar-refractivity contribution in [3.63, 3.8) is 0 Å². The standard InChI is InChI=1S/C16H25N3O3/c1-12-5-6-14(20)19(17-12)11-13-7-9-18(10-8-13)15(21)22-16(2,3)4/h5-6,13H,7-11H2,1-4H3. The number of likely N-dealkylation sites (tertiary alicyclic amines) is 1. The third-order valence-electron chi connectivity index (χ3n) is 3.70. The number of ether oxygens (including phenoxy) is 1. The molecule has 1 aromatic heterocycles. The average molecular weight is 307 g/mol. The zero-order valence-electron chi connectivity index (χ0n) is 13.8. The van der Waals surface area contributed by atoms with Crippen LogP contribution in [0.4, 0.5) is 4.79 Å². The van der Waals surface area contributed by atoms with Gasteiger partial charge in [-0.2, -0.15) is 5.10 Å². The fourth-order valence-corrected chi connectivity index (χ4v) is 2.55. The van der Waals surface area contributed by atoms with Gasteiger partial charge in [0, 0.05) is 25.7 Å². The summed E-state index contributed by atoms with van der Waals surface area (Å²) in [5, 5.41) is 4.27. The summed E-state index contributed by atoms with van der Waals surface area (Å²) in [7, 11) is 0. The molecule has 1 aliphatic heterocycles. The summed E-state index contributed by atoms with van der Waals surface area (Å²) in [6.45, 7) is 9.43. The highest BCUT2D eigenvalue weighted by atomic mass is 16.6. The summed E-state index contributed by atoms with van der Waals surface area (Å²) in [5.74, 6) is 0.366. The van der Waals surface area contributed by atoms with E-state index in [1.165, 1.54) is 4.68 Å². The molecule has 1 fully saturated rings. The Bertz CT molecular complexity index is 581. The normalized spacial score (nSPS) is 16.6. The van der Waals surface area contributed by atoms with Crippen LogP contribution in [0.15, 0.2) is 16.9 Å². The van der Waals surface area contributed by atoms with Crippen molar-refractivity contribution in [1.29, 1.82) is 0 Å². The highest BCUT2D eigenvalue weighted by molar-refractivity contribution is 5.68. The number of carbonyl (C=O) groups is 1. The van der Waals surface area contributed by atoms with Gasteiger partial charge in [-0.3, -0.25) is 4.79 Å². The lowest BCUT2D eigenvalue weighted by Crippen LogP contribution is -2.42. The number of carbonyl (C=O) groups excluding carboxylic acids is 1. The second-order valence-electron chi connectivity index (χ2n) is 6.91. The second kappa shape index (κ2) is 6.50. The number of aryl methyl sites for hydroxylation is 1. The summed E-state index contributed by atoms with van der Waals surface area (Å²) < 4.78 is 6.92. The van der Waals surface area contributed by atoms with Crippen LogP contribution in [0, 0.1) is 12.8 Å². The largest absolute Gasteiger partial charge is 0.444 e. The number of aromatic nitrogens is 2. The highest BCUT2D eigenvalue weighted by Gasteiger charge is 2.27. The van der Waals surface area contributed by atoms with Crippen molar-refractivity contribution < 1.29 is 9.53 Å². The molecular weight excluding hydrogens is 282 g/mol. The van der Waals surface area contributed by atoms with Crippen LogP contribution in [0.1, 0.15) is 39.3 Å². The van der Waals surface area contributed by atoms with E-state index in [0.717, 1.165) is 18.5 Å². The Morgan fingerprint density at radius 3 is 2.55 bits per heavy atom. The van der Waals surface area contributed by atoms with Crippen LogP contribution in [0.5, 0.6) is 0 Å². The molecule has 0 atom stereocenters. The monoisotopic (exact) mass is 307 g/mol. The van der Waals surface area contributed by atoms with Crippen LogP contribution >= 0.6 is 0 Å². The molecule has 1 amide bonds. The summed E-state index contributed by atoms with van der Waals surface area (Å²) in [6, 6.07) is 3.28. The maximum absolute atomic E-state index is 12.0. The predicted octanol–water partition coefficient (Wildman–Crippen LogP) is 2.20. The predicted molar refractivity (Wildman–Crippen MR) is 83.8 cm³/mol. The maximum atomic E-state index is 12.0. The molecule has 1 saturated heterocycles. The second-order valence-corrected chi connectivity index (χ2v) is 6.91. The van der Waals surface area contributed by atoms with Gasteiger partial charge in [-0.05, 0) is 52.5 Å². The van der Waals surface area contributed by atoms with E-state index in [2.05, 4.69) is 5.10 Å². The Morgan fingerprint density at radius 2 is 1.95 bits per heavy atom. The Kier molecular flexibility index (Phi) is 4.88. The van der Waals surface area contributed by atoms with E-state index < -0.39 is 5.60 Å². The van der Waals surface area contributed by atoms with Gasteiger partial charge in [-0.1, -0.05) is 0 Å². The maximum Gasteiger partial charge on any atom is 0.410 e. The minimum Gasteiger partial charge on any atom is -0.444 e. The Hall–Kier alpha value is -1.85. The van der Waals surface area contributed by atoms with Crippen LogP contribution in [0.3, 0.4) is 0 Å². The molecule has 0 N–H and O–H groups in total. The molecule has 0 bridgehead atoms. The van der Waals surface area contributed by atoms with E-state index in [0.29, 0.717) is 25.6 Å². The third-order valence-corrected chi connectivity index (χ3v) is 3.70. The molecule has 1 aromatic rings. The first-order valence-electron chi connectivity index (χ1n) is 7.77. The van der Waals surface area contributed by atoms with E-state index in [1.807, 2.05) is 27.7 Å². The molecule has 1 aliphatic rings. The molecule has 22 heavy (non-hydrogen) atoms. The van der Waals surface area contributed by atoms with Crippen molar-refractivity contribution in [2.75, 3.05) is 13.1 Å². The van der Waals surface area contributed by atoms with Gasteiger partial charge >= 0.3 is 6.09 Å². The Morgan fingerprint density at radius 1 is 1.32 bits per heavy atom. The van der Waals surface area contributed by atoms with Gasteiger partial charge < -0.3 is 9.64 Å². The smallest absolute Gasteiger partial charge is 0.410 e. The first-order chi connectivity index (χ1) is 10.2. The Balaban J connectivity index is 1.88. The van der Waals surface area contributed by atoms with Crippen molar-refractivity contribution in [1.82, 2.24) is 14.7 Å². The number of rotatable bonds is 2. The third kappa shape index (κ3) is 4.58. The van der Waals surface area contributed by atoms with Crippen molar-refractivity contribution in [2.24, 2.45) is 5.92 Å². The Labute approximate surface area is 131 Å². The van der Waals surface area contributed by atoms with Gasteiger partial charge in [-0.15, -0.1) is 0 Å². The summed E-state index contributed by atoms with van der Waals surface area (Å²) in [6.07, 6.45) is 1.47. The number of amides is 1. The number of piperidine rings is 1. The first kappa shape index (κ1) is 16.5. The molecule has 0 aliphatic carbocycles. The molecule has 6 nitrogen and oxygen atoms in total. The first-order valence-corrected chi connectivity index (χ1v) is 7.77. The lowest BCUT2D eigenvalue weighted by Gasteiger charge is -2.33. The SMILES string of the molecule is Cc1ccc(=O)n(CC2CCN(C(=O)OC(C)(C)C)CC2)n1. The van der Waals surface area contributed by atoms with Crippen LogP contribution < -0.4 is 5.56 Å². The van der Waals surface area contributed by atoms with Gasteiger partial charge in [0.15, 0.2) is 0 Å². The summed E-state index contributed by atoms with van der Waals surface area (Å²) in [4.78, 5) is 25.5. The molecule has 6 heteroatoms. The zero-order valence-corrected chi connectivity index (χ0v) is 13.8. The van der Waals surface area contributed by atoms with Crippen molar-refractivity contribution >= 4 is 6.09 Å². The highest BCUT2D eigenvalue weighted by Crippen LogP contribution is 2.20. The minimum absolute atomic E-state index is 0.0693. The molecule has 2 rings (SSSR count). The molecule has 0 spiro atoms. The van der Waals surface area contributed by atoms with E-state index in [4.69, 9.17) is 4.74 Å². The number of hydrogen-bond donors (Lipinski definition) is 0. The van der Waals surface area contributed by atoms with Gasteiger partial charge in [0.1, 0.15) is 5.60 Å². The molecule has 122 valence electrons. The van der Waals surface area contributed by atoms with E-state index in [-0.39, 0.29) is 11.7 Å². The quantitative estimate of drug-likeness (QED) is 0.840. The lowest BCUT2D eigenvalue weighted by atomic mass is 9.97.